The number of nitrogens with one attached hydrogen (secondary N) is 1. The lowest BCUT2D eigenvalue weighted by molar-refractivity contribution is -0.110. The minimum Gasteiger partial charge on any atom is -0.501 e. The molecule has 0 aromatic heterocycles. The van der Waals surface area contributed by atoms with Crippen LogP contribution in [0.5, 0.6) is 0 Å². The molecule has 0 radical (unpaired) electrons. The van der Waals surface area contributed by atoms with E-state index in [1.807, 2.05) is 25.1 Å². The maximum Gasteiger partial charge on any atom is 0.259 e. The molecule has 1 aliphatic rings. The van der Waals surface area contributed by atoms with Gasteiger partial charge in [0, 0.05) is 15.7 Å². The fraction of sp³-hybridized carbons (Fsp3) is 0.182. The van der Waals surface area contributed by atoms with Crippen molar-refractivity contribution in [3.63, 3.8) is 0 Å². The third-order valence-electron chi connectivity index (χ3n) is 2.13. The number of carbonyl (C=O) groups is 1. The molecule has 15 heavy (non-hydrogen) atoms. The summed E-state index contributed by atoms with van der Waals surface area (Å²) >= 11 is 3.37. The predicted octanol–water partition coefficient (Wildman–Crippen LogP) is 2.78. The molecule has 1 amide bonds. The normalized spacial score (nSPS) is 16.4. The highest BCUT2D eigenvalue weighted by Crippen LogP contribution is 2.33. The van der Waals surface area contributed by atoms with Crippen LogP contribution >= 0.6 is 15.9 Å². The van der Waals surface area contributed by atoms with Gasteiger partial charge < -0.3 is 10.1 Å². The minimum absolute atomic E-state index is 0.114. The van der Waals surface area contributed by atoms with Gasteiger partial charge in [-0.05, 0) is 25.1 Å². The summed E-state index contributed by atoms with van der Waals surface area (Å²) in [4.78, 5) is 11.6. The maximum absolute atomic E-state index is 11.6. The van der Waals surface area contributed by atoms with Crippen LogP contribution in [0.25, 0.3) is 5.57 Å². The molecule has 0 saturated heterocycles. The molecule has 1 N–H and O–H groups in total. The Morgan fingerprint density at radius 1 is 1.53 bits per heavy atom. The molecule has 78 valence electrons. The van der Waals surface area contributed by atoms with Crippen LogP contribution in [0.3, 0.4) is 0 Å². The van der Waals surface area contributed by atoms with E-state index in [0.29, 0.717) is 12.2 Å². The van der Waals surface area contributed by atoms with Gasteiger partial charge in [0.1, 0.15) is 0 Å². The molecule has 2 rings (SSSR count). The van der Waals surface area contributed by atoms with E-state index in [9.17, 15) is 4.79 Å². The zero-order chi connectivity index (χ0) is 10.8. The molecule has 0 fully saturated rings. The van der Waals surface area contributed by atoms with E-state index >= 15 is 0 Å². The zero-order valence-electron chi connectivity index (χ0n) is 8.21. The van der Waals surface area contributed by atoms with Crippen molar-refractivity contribution in [3.8, 4) is 0 Å². The summed E-state index contributed by atoms with van der Waals surface area (Å²) in [6.07, 6.45) is 1.51. The van der Waals surface area contributed by atoms with Crippen LogP contribution in [-0.2, 0) is 9.53 Å². The number of anilines is 1. The Kier molecular flexibility index (Phi) is 2.77. The molecule has 3 nitrogen and oxygen atoms in total. The van der Waals surface area contributed by atoms with Crippen molar-refractivity contribution in [1.82, 2.24) is 0 Å². The molecule has 4 heteroatoms. The second-order valence-electron chi connectivity index (χ2n) is 3.13. The molecule has 0 saturated carbocycles. The molecular formula is C11H10BrNO2. The molecule has 0 bridgehead atoms. The Labute approximate surface area is 96.3 Å². The van der Waals surface area contributed by atoms with E-state index in [4.69, 9.17) is 4.74 Å². The summed E-state index contributed by atoms with van der Waals surface area (Å²) in [5.41, 5.74) is 2.28. The first-order valence-corrected chi connectivity index (χ1v) is 5.44. The Balaban J connectivity index is 2.44. The minimum atomic E-state index is -0.114. The first-order chi connectivity index (χ1) is 7.22. The molecule has 1 aromatic rings. The average molecular weight is 268 g/mol. The molecule has 0 unspecified atom stereocenters. The second kappa shape index (κ2) is 4.06. The fourth-order valence-corrected chi connectivity index (χ4v) is 1.81. The average Bonchev–Trinajstić information content (AvgIpc) is 2.51. The first-order valence-electron chi connectivity index (χ1n) is 4.65. The molecule has 0 spiro atoms. The van der Waals surface area contributed by atoms with Crippen LogP contribution in [0.2, 0.25) is 0 Å². The molecule has 1 heterocycles. The number of halogens is 1. The van der Waals surface area contributed by atoms with Gasteiger partial charge in [0.25, 0.3) is 5.91 Å². The summed E-state index contributed by atoms with van der Waals surface area (Å²) in [5, 5.41) is 2.78. The van der Waals surface area contributed by atoms with Gasteiger partial charge in [-0.1, -0.05) is 15.9 Å². The van der Waals surface area contributed by atoms with Gasteiger partial charge in [0.2, 0.25) is 0 Å². The summed E-state index contributed by atoms with van der Waals surface area (Å²) in [6, 6.07) is 5.66. The maximum atomic E-state index is 11.6. The van der Waals surface area contributed by atoms with Gasteiger partial charge in [0.15, 0.2) is 0 Å². The van der Waals surface area contributed by atoms with Gasteiger partial charge in [-0.15, -0.1) is 0 Å². The summed E-state index contributed by atoms with van der Waals surface area (Å²) < 4.78 is 6.09. The molecule has 1 aliphatic heterocycles. The third-order valence-corrected chi connectivity index (χ3v) is 2.63. The van der Waals surface area contributed by atoms with Crippen LogP contribution in [-0.4, -0.2) is 12.5 Å². The van der Waals surface area contributed by atoms with Gasteiger partial charge in [-0.3, -0.25) is 4.79 Å². The Bertz CT molecular complexity index is 440. The van der Waals surface area contributed by atoms with Crippen molar-refractivity contribution in [2.75, 3.05) is 11.9 Å². The van der Waals surface area contributed by atoms with Crippen molar-refractivity contribution in [1.29, 1.82) is 0 Å². The number of carbonyl (C=O) groups excluding carboxylic acids is 1. The van der Waals surface area contributed by atoms with E-state index in [0.717, 1.165) is 15.7 Å². The van der Waals surface area contributed by atoms with Crippen molar-refractivity contribution in [2.24, 2.45) is 0 Å². The fourth-order valence-electron chi connectivity index (χ4n) is 1.44. The van der Waals surface area contributed by atoms with Crippen molar-refractivity contribution in [2.45, 2.75) is 6.92 Å². The first kappa shape index (κ1) is 10.2. The smallest absolute Gasteiger partial charge is 0.259 e. The molecular weight excluding hydrogens is 258 g/mol. The summed E-state index contributed by atoms with van der Waals surface area (Å²) in [6.45, 7) is 2.44. The van der Waals surface area contributed by atoms with Gasteiger partial charge in [0.05, 0.1) is 18.4 Å². The van der Waals surface area contributed by atoms with Gasteiger partial charge >= 0.3 is 0 Å². The summed E-state index contributed by atoms with van der Waals surface area (Å²) in [5.74, 6) is -0.114. The number of hydrogen-bond acceptors (Lipinski definition) is 2. The SMILES string of the molecule is CCO/C=C1/C(=O)Nc2ccc(Br)cc21. The number of amides is 1. The van der Waals surface area contributed by atoms with Crippen LogP contribution in [0, 0.1) is 0 Å². The zero-order valence-corrected chi connectivity index (χ0v) is 9.80. The van der Waals surface area contributed by atoms with E-state index in [2.05, 4.69) is 21.2 Å². The van der Waals surface area contributed by atoms with Gasteiger partial charge in [-0.25, -0.2) is 0 Å². The van der Waals surface area contributed by atoms with Crippen LogP contribution < -0.4 is 5.32 Å². The molecule has 0 atom stereocenters. The summed E-state index contributed by atoms with van der Waals surface area (Å²) in [7, 11) is 0. The number of fused-ring (bicyclic) bond motifs is 1. The lowest BCUT2D eigenvalue weighted by Gasteiger charge is -1.99. The van der Waals surface area contributed by atoms with Crippen LogP contribution in [0.15, 0.2) is 28.9 Å². The quantitative estimate of drug-likeness (QED) is 0.661. The Morgan fingerprint density at radius 2 is 2.33 bits per heavy atom. The second-order valence-corrected chi connectivity index (χ2v) is 4.05. The standard InChI is InChI=1S/C11H10BrNO2/c1-2-15-6-9-8-5-7(12)3-4-10(8)13-11(9)14/h3-6H,2H2,1H3,(H,13,14)/b9-6+. The third kappa shape index (κ3) is 1.90. The van der Waals surface area contributed by atoms with Gasteiger partial charge in [-0.2, -0.15) is 0 Å². The van der Waals surface area contributed by atoms with E-state index < -0.39 is 0 Å². The highest BCUT2D eigenvalue weighted by molar-refractivity contribution is 9.10. The molecule has 1 aromatic carbocycles. The van der Waals surface area contributed by atoms with Crippen LogP contribution in [0.4, 0.5) is 5.69 Å². The highest BCUT2D eigenvalue weighted by Gasteiger charge is 2.24. The van der Waals surface area contributed by atoms with Crippen LogP contribution in [0.1, 0.15) is 12.5 Å². The lowest BCUT2D eigenvalue weighted by Crippen LogP contribution is -2.04. The van der Waals surface area contributed by atoms with E-state index in [1.54, 1.807) is 0 Å². The largest absolute Gasteiger partial charge is 0.501 e. The number of rotatable bonds is 2. The van der Waals surface area contributed by atoms with E-state index in [-0.39, 0.29) is 5.91 Å². The molecule has 0 aliphatic carbocycles. The van der Waals surface area contributed by atoms with E-state index in [1.165, 1.54) is 6.26 Å². The monoisotopic (exact) mass is 267 g/mol. The Hall–Kier alpha value is -1.29. The van der Waals surface area contributed by atoms with Crippen molar-refractivity contribution < 1.29 is 9.53 Å². The predicted molar refractivity (Wildman–Crippen MR) is 62.4 cm³/mol. The topological polar surface area (TPSA) is 38.3 Å². The number of benzene rings is 1. The van der Waals surface area contributed by atoms with Crippen molar-refractivity contribution >= 4 is 33.1 Å². The highest BCUT2D eigenvalue weighted by atomic mass is 79.9. The number of hydrogen-bond donors (Lipinski definition) is 1. The van der Waals surface area contributed by atoms with Crippen molar-refractivity contribution in [3.05, 3.63) is 34.5 Å². The number of ether oxygens (including phenoxy) is 1. The Morgan fingerprint density at radius 3 is 3.07 bits per heavy atom. The lowest BCUT2D eigenvalue weighted by atomic mass is 10.1.